The Bertz CT molecular complexity index is 771. The van der Waals surface area contributed by atoms with Crippen LogP contribution in [0.1, 0.15) is 20.8 Å². The lowest BCUT2D eigenvalue weighted by atomic mass is 9.97. The number of ether oxygens (including phenoxy) is 1. The van der Waals surface area contributed by atoms with Crippen LogP contribution in [0.5, 0.6) is 11.5 Å². The van der Waals surface area contributed by atoms with Crippen molar-refractivity contribution in [1.29, 1.82) is 0 Å². The van der Waals surface area contributed by atoms with Crippen molar-refractivity contribution in [3.8, 4) is 11.5 Å². The Morgan fingerprint density at radius 3 is 2.09 bits per heavy atom. The Balaban J connectivity index is 2.14. The van der Waals surface area contributed by atoms with E-state index in [1.54, 1.807) is 20.8 Å². The van der Waals surface area contributed by atoms with Crippen LogP contribution < -0.4 is 20.2 Å². The molecule has 2 aliphatic heterocycles. The van der Waals surface area contributed by atoms with Crippen molar-refractivity contribution in [2.75, 3.05) is 36.0 Å². The number of hydrogen-bond donors (Lipinski definition) is 2. The molecule has 2 aliphatic rings. The van der Waals surface area contributed by atoms with E-state index >= 15 is 0 Å². The Morgan fingerprint density at radius 1 is 1.09 bits per heavy atom. The van der Waals surface area contributed by atoms with E-state index in [1.165, 1.54) is 6.26 Å². The van der Waals surface area contributed by atoms with Gasteiger partial charge < -0.3 is 24.7 Å². The van der Waals surface area contributed by atoms with E-state index in [-0.39, 0.29) is 11.5 Å². The third-order valence-electron chi connectivity index (χ3n) is 3.95. The molecule has 23 heavy (non-hydrogen) atoms. The zero-order chi connectivity index (χ0) is 16.9. The van der Waals surface area contributed by atoms with E-state index in [0.29, 0.717) is 21.8 Å². The maximum atomic E-state index is 12.0. The Kier molecular flexibility index (Phi) is 3.43. The predicted molar refractivity (Wildman–Crippen MR) is 89.0 cm³/mol. The van der Waals surface area contributed by atoms with Crippen LogP contribution in [-0.4, -0.2) is 42.4 Å². The van der Waals surface area contributed by atoms with Gasteiger partial charge in [0.05, 0.1) is 22.0 Å². The monoisotopic (exact) mass is 318 g/mol. The van der Waals surface area contributed by atoms with E-state index in [4.69, 9.17) is 4.74 Å². The Labute approximate surface area is 134 Å². The van der Waals surface area contributed by atoms with Crippen LogP contribution in [-0.2, 0) is 9.53 Å². The number of aromatic hydroxyl groups is 2. The first-order chi connectivity index (χ1) is 10.7. The molecule has 2 saturated heterocycles. The number of esters is 1. The van der Waals surface area contributed by atoms with Crippen molar-refractivity contribution >= 4 is 30.2 Å². The number of phenolic OH excluding ortho intramolecular Hbond substituents is 2. The zero-order valence-corrected chi connectivity index (χ0v) is 13.7. The van der Waals surface area contributed by atoms with Gasteiger partial charge in [-0.25, -0.2) is 0 Å². The highest BCUT2D eigenvalue weighted by Gasteiger charge is 2.31. The predicted octanol–water partition coefficient (Wildman–Crippen LogP) is 0.475. The highest BCUT2D eigenvalue weighted by molar-refractivity contribution is 5.80. The Hall–Kier alpha value is -2.37. The average molecular weight is 318 g/mol. The van der Waals surface area contributed by atoms with Gasteiger partial charge in [0.25, 0.3) is 0 Å². The number of carbonyl (C=O) groups excluding carboxylic acids is 1. The maximum Gasteiger partial charge on any atom is 0.316 e. The molecule has 0 spiro atoms. The van der Waals surface area contributed by atoms with Gasteiger partial charge in [0, 0.05) is 31.4 Å². The van der Waals surface area contributed by atoms with Crippen molar-refractivity contribution in [2.24, 2.45) is 5.41 Å². The first kappa shape index (κ1) is 15.5. The van der Waals surface area contributed by atoms with Crippen LogP contribution in [0.4, 0.5) is 11.4 Å². The summed E-state index contributed by atoms with van der Waals surface area (Å²) in [6, 6.07) is 0. The molecule has 0 unspecified atom stereocenters. The van der Waals surface area contributed by atoms with Crippen molar-refractivity contribution in [1.82, 2.24) is 0 Å². The topological polar surface area (TPSA) is 72.8 Å². The molecule has 124 valence electrons. The van der Waals surface area contributed by atoms with Gasteiger partial charge in [-0.1, -0.05) is 6.58 Å². The summed E-state index contributed by atoms with van der Waals surface area (Å²) in [6.07, 6.45) is 1.24. The fourth-order valence-corrected chi connectivity index (χ4v) is 2.37. The van der Waals surface area contributed by atoms with Gasteiger partial charge in [-0.05, 0) is 20.8 Å². The molecule has 6 heteroatoms. The van der Waals surface area contributed by atoms with E-state index in [9.17, 15) is 15.0 Å². The normalized spacial score (nSPS) is 17.4. The number of hydrogen-bond acceptors (Lipinski definition) is 6. The molecular weight excluding hydrogens is 296 g/mol. The molecule has 2 fully saturated rings. The minimum Gasteiger partial charge on any atom is -0.505 e. The third-order valence-corrected chi connectivity index (χ3v) is 3.95. The highest BCUT2D eigenvalue weighted by Crippen LogP contribution is 2.34. The van der Waals surface area contributed by atoms with Crippen molar-refractivity contribution < 1.29 is 19.7 Å². The fraction of sp³-hybridized carbons (Fsp3) is 0.471. The van der Waals surface area contributed by atoms with Gasteiger partial charge in [-0.15, -0.1) is 0 Å². The lowest BCUT2D eigenvalue weighted by Crippen LogP contribution is -2.24. The quantitative estimate of drug-likeness (QED) is 0.480. The summed E-state index contributed by atoms with van der Waals surface area (Å²) >= 11 is 0. The molecule has 6 nitrogen and oxygen atoms in total. The molecule has 0 aliphatic carbocycles. The summed E-state index contributed by atoms with van der Waals surface area (Å²) in [6.45, 7) is 12.3. The van der Waals surface area contributed by atoms with Crippen LogP contribution in [0.3, 0.4) is 0 Å². The smallest absolute Gasteiger partial charge is 0.316 e. The summed E-state index contributed by atoms with van der Waals surface area (Å²) in [5, 5.41) is 21.9. The SMILES string of the molecule is C=c1c(O)c(N2CC2)/c(=C\OC(=O)C(C)(C)C)c(O)c1N1CC1. The summed E-state index contributed by atoms with van der Waals surface area (Å²) in [4.78, 5) is 15.8. The largest absolute Gasteiger partial charge is 0.505 e. The lowest BCUT2D eigenvalue weighted by Gasteiger charge is -2.17. The van der Waals surface area contributed by atoms with Gasteiger partial charge in [-0.2, -0.15) is 0 Å². The van der Waals surface area contributed by atoms with Crippen LogP contribution in [0.25, 0.3) is 12.8 Å². The second kappa shape index (κ2) is 5.08. The fourth-order valence-electron chi connectivity index (χ4n) is 2.37. The molecule has 0 saturated carbocycles. The highest BCUT2D eigenvalue weighted by atomic mass is 16.5. The van der Waals surface area contributed by atoms with Gasteiger partial charge in [-0.3, -0.25) is 4.79 Å². The van der Waals surface area contributed by atoms with Crippen LogP contribution in [0, 0.1) is 5.41 Å². The number of benzene rings is 1. The van der Waals surface area contributed by atoms with Crippen molar-refractivity contribution in [3.05, 3.63) is 10.4 Å². The second-order valence-electron chi connectivity index (χ2n) is 7.03. The van der Waals surface area contributed by atoms with Gasteiger partial charge in [0.2, 0.25) is 0 Å². The van der Waals surface area contributed by atoms with E-state index in [0.717, 1.165) is 26.2 Å². The van der Waals surface area contributed by atoms with Gasteiger partial charge >= 0.3 is 5.97 Å². The average Bonchev–Trinajstić information content (AvgIpc) is 3.32. The first-order valence-corrected chi connectivity index (χ1v) is 7.70. The minimum absolute atomic E-state index is 0.00564. The maximum absolute atomic E-state index is 12.0. The van der Waals surface area contributed by atoms with Crippen molar-refractivity contribution in [3.63, 3.8) is 0 Å². The molecule has 0 atom stereocenters. The molecular formula is C17H22N2O4. The minimum atomic E-state index is -0.650. The number of anilines is 2. The van der Waals surface area contributed by atoms with E-state index in [1.807, 2.05) is 9.80 Å². The molecule has 1 aromatic carbocycles. The number of carbonyl (C=O) groups is 1. The first-order valence-electron chi connectivity index (χ1n) is 7.70. The summed E-state index contributed by atoms with van der Waals surface area (Å²) < 4.78 is 5.24. The van der Waals surface area contributed by atoms with Crippen LogP contribution in [0.15, 0.2) is 0 Å². The second-order valence-corrected chi connectivity index (χ2v) is 7.03. The summed E-state index contributed by atoms with van der Waals surface area (Å²) in [5.41, 5.74) is 0.328. The summed E-state index contributed by atoms with van der Waals surface area (Å²) in [5.74, 6) is -0.380. The van der Waals surface area contributed by atoms with Gasteiger partial charge in [0.15, 0.2) is 5.75 Å². The molecule has 3 rings (SSSR count). The van der Waals surface area contributed by atoms with E-state index in [2.05, 4.69) is 6.58 Å². The molecule has 2 heterocycles. The van der Waals surface area contributed by atoms with Crippen LogP contribution in [0.2, 0.25) is 0 Å². The lowest BCUT2D eigenvalue weighted by molar-refractivity contribution is -0.144. The molecule has 1 aromatic rings. The Morgan fingerprint density at radius 2 is 1.61 bits per heavy atom. The standard InChI is InChI=1S/C17H22N2O4/c1-10-12(18-5-6-18)15(21)11(9-23-16(22)17(2,3)4)13(14(10)20)19-7-8-19/h9,20-21H,1,5-8H2,2-4H3/b11-9+. The molecule has 0 aromatic heterocycles. The number of nitrogens with zero attached hydrogens (tertiary/aromatic N) is 2. The summed E-state index contributed by atoms with van der Waals surface area (Å²) in [7, 11) is 0. The molecule has 2 N–H and O–H groups in total. The molecule has 0 bridgehead atoms. The number of phenols is 2. The molecule has 0 radical (unpaired) electrons. The number of rotatable bonds is 3. The zero-order valence-electron chi connectivity index (χ0n) is 13.7. The van der Waals surface area contributed by atoms with Crippen LogP contribution >= 0.6 is 0 Å². The van der Waals surface area contributed by atoms with Gasteiger partial charge in [0.1, 0.15) is 12.0 Å². The van der Waals surface area contributed by atoms with E-state index < -0.39 is 11.4 Å². The third kappa shape index (κ3) is 2.81. The molecule has 0 amide bonds. The van der Waals surface area contributed by atoms with Crippen molar-refractivity contribution in [2.45, 2.75) is 20.8 Å².